The third-order valence-corrected chi connectivity index (χ3v) is 2.95. The van der Waals surface area contributed by atoms with Crippen molar-refractivity contribution >= 4 is 11.9 Å². The second-order valence-electron chi connectivity index (χ2n) is 4.09. The molecule has 0 aromatic carbocycles. The van der Waals surface area contributed by atoms with Crippen LogP contribution in [-0.4, -0.2) is 39.5 Å². The first kappa shape index (κ1) is 14.2. The quantitative estimate of drug-likeness (QED) is 0.868. The molecule has 1 aromatic rings. The Balaban J connectivity index is 2.92. The number of carbonyl (C=O) groups excluding carboxylic acids is 1. The molecule has 0 spiro atoms. The van der Waals surface area contributed by atoms with Gasteiger partial charge in [0, 0.05) is 18.8 Å². The number of aromatic nitrogens is 1. The standard InChI is InChI=1S/C13H18N2O3/c1-4-9(3)15(5-2)12(16)10-6-7-11(13(17)18)14-8-10/h6-9H,4-5H2,1-3H3,(H,17,18). The lowest BCUT2D eigenvalue weighted by Crippen LogP contribution is -2.38. The Morgan fingerprint density at radius 1 is 1.39 bits per heavy atom. The number of carboxylic acid groups (broad SMARTS) is 1. The summed E-state index contributed by atoms with van der Waals surface area (Å²) in [7, 11) is 0. The summed E-state index contributed by atoms with van der Waals surface area (Å²) >= 11 is 0. The van der Waals surface area contributed by atoms with Gasteiger partial charge in [-0.1, -0.05) is 6.92 Å². The predicted molar refractivity (Wildman–Crippen MR) is 67.7 cm³/mol. The molecule has 1 unspecified atom stereocenters. The molecular weight excluding hydrogens is 232 g/mol. The number of rotatable bonds is 5. The van der Waals surface area contributed by atoms with E-state index >= 15 is 0 Å². The van der Waals surface area contributed by atoms with E-state index in [2.05, 4.69) is 4.98 Å². The Morgan fingerprint density at radius 3 is 2.44 bits per heavy atom. The Bertz CT molecular complexity index is 428. The lowest BCUT2D eigenvalue weighted by Gasteiger charge is -2.27. The van der Waals surface area contributed by atoms with Crippen molar-refractivity contribution in [1.82, 2.24) is 9.88 Å². The molecule has 5 heteroatoms. The van der Waals surface area contributed by atoms with Crippen LogP contribution < -0.4 is 0 Å². The highest BCUT2D eigenvalue weighted by Gasteiger charge is 2.19. The molecule has 98 valence electrons. The molecule has 1 rings (SSSR count). The minimum atomic E-state index is -1.09. The molecule has 0 radical (unpaired) electrons. The zero-order valence-corrected chi connectivity index (χ0v) is 10.9. The molecule has 0 saturated heterocycles. The normalized spacial score (nSPS) is 11.9. The van der Waals surface area contributed by atoms with Crippen LogP contribution in [-0.2, 0) is 0 Å². The van der Waals surface area contributed by atoms with E-state index in [1.54, 1.807) is 4.90 Å². The van der Waals surface area contributed by atoms with Gasteiger partial charge < -0.3 is 10.0 Å². The number of amides is 1. The van der Waals surface area contributed by atoms with E-state index in [0.29, 0.717) is 12.1 Å². The van der Waals surface area contributed by atoms with Crippen molar-refractivity contribution < 1.29 is 14.7 Å². The first-order chi connectivity index (χ1) is 8.51. The summed E-state index contributed by atoms with van der Waals surface area (Å²) in [5, 5.41) is 8.74. The molecule has 1 atom stereocenters. The fraction of sp³-hybridized carbons (Fsp3) is 0.462. The van der Waals surface area contributed by atoms with Crippen LogP contribution in [0.4, 0.5) is 0 Å². The molecule has 0 aliphatic heterocycles. The Hall–Kier alpha value is -1.91. The lowest BCUT2D eigenvalue weighted by atomic mass is 10.1. The molecule has 0 aliphatic rings. The average Bonchev–Trinajstić information content (AvgIpc) is 2.39. The molecule has 1 heterocycles. The summed E-state index contributed by atoms with van der Waals surface area (Å²) in [4.78, 5) is 28.4. The molecule has 5 nitrogen and oxygen atoms in total. The smallest absolute Gasteiger partial charge is 0.354 e. The Kier molecular flexibility index (Phi) is 4.83. The fourth-order valence-corrected chi connectivity index (χ4v) is 1.69. The van der Waals surface area contributed by atoms with E-state index in [4.69, 9.17) is 5.11 Å². The van der Waals surface area contributed by atoms with E-state index in [-0.39, 0.29) is 17.6 Å². The second-order valence-corrected chi connectivity index (χ2v) is 4.09. The Morgan fingerprint density at radius 2 is 2.06 bits per heavy atom. The monoisotopic (exact) mass is 250 g/mol. The van der Waals surface area contributed by atoms with E-state index in [9.17, 15) is 9.59 Å². The predicted octanol–water partition coefficient (Wildman–Crippen LogP) is 2.04. The maximum atomic E-state index is 12.2. The third kappa shape index (κ3) is 3.06. The first-order valence-corrected chi connectivity index (χ1v) is 6.01. The summed E-state index contributed by atoms with van der Waals surface area (Å²) in [5.41, 5.74) is 0.361. The molecule has 1 amide bonds. The fourth-order valence-electron chi connectivity index (χ4n) is 1.69. The van der Waals surface area contributed by atoms with Crippen molar-refractivity contribution in [1.29, 1.82) is 0 Å². The minimum absolute atomic E-state index is 0.0573. The molecule has 1 aromatic heterocycles. The Labute approximate surface area is 106 Å². The highest BCUT2D eigenvalue weighted by atomic mass is 16.4. The van der Waals surface area contributed by atoms with E-state index < -0.39 is 5.97 Å². The second kappa shape index (κ2) is 6.14. The number of carbonyl (C=O) groups is 2. The number of hydrogen-bond donors (Lipinski definition) is 1. The summed E-state index contributed by atoms with van der Waals surface area (Å²) < 4.78 is 0. The van der Waals surface area contributed by atoms with Crippen molar-refractivity contribution in [2.75, 3.05) is 6.54 Å². The first-order valence-electron chi connectivity index (χ1n) is 6.01. The molecule has 0 fully saturated rings. The van der Waals surface area contributed by atoms with Crippen LogP contribution >= 0.6 is 0 Å². The summed E-state index contributed by atoms with van der Waals surface area (Å²) in [6.07, 6.45) is 2.19. The van der Waals surface area contributed by atoms with Crippen LogP contribution in [0, 0.1) is 0 Å². The van der Waals surface area contributed by atoms with Crippen LogP contribution in [0.3, 0.4) is 0 Å². The van der Waals surface area contributed by atoms with Crippen LogP contribution in [0.25, 0.3) is 0 Å². The topological polar surface area (TPSA) is 70.5 Å². The largest absolute Gasteiger partial charge is 0.477 e. The SMILES string of the molecule is CCC(C)N(CC)C(=O)c1ccc(C(=O)O)nc1. The number of hydrogen-bond acceptors (Lipinski definition) is 3. The van der Waals surface area contributed by atoms with Gasteiger partial charge in [0.05, 0.1) is 5.56 Å². The van der Waals surface area contributed by atoms with Crippen LogP contribution in [0.1, 0.15) is 48.0 Å². The maximum absolute atomic E-state index is 12.2. The molecule has 0 bridgehead atoms. The third-order valence-electron chi connectivity index (χ3n) is 2.95. The molecule has 0 aliphatic carbocycles. The summed E-state index contributed by atoms with van der Waals surface area (Å²) in [6.45, 7) is 6.55. The van der Waals surface area contributed by atoms with Crippen LogP contribution in [0.2, 0.25) is 0 Å². The zero-order valence-electron chi connectivity index (χ0n) is 10.9. The number of pyridine rings is 1. The van der Waals surface area contributed by atoms with Crippen molar-refractivity contribution in [3.05, 3.63) is 29.6 Å². The van der Waals surface area contributed by atoms with E-state index in [0.717, 1.165) is 6.42 Å². The molecule has 0 saturated carbocycles. The average molecular weight is 250 g/mol. The maximum Gasteiger partial charge on any atom is 0.354 e. The summed E-state index contributed by atoms with van der Waals surface area (Å²) in [6, 6.07) is 3.01. The van der Waals surface area contributed by atoms with Crippen molar-refractivity contribution in [3.8, 4) is 0 Å². The van der Waals surface area contributed by atoms with E-state index in [1.807, 2.05) is 20.8 Å². The van der Waals surface area contributed by atoms with Crippen molar-refractivity contribution in [2.24, 2.45) is 0 Å². The van der Waals surface area contributed by atoms with Crippen LogP contribution in [0.15, 0.2) is 18.3 Å². The summed E-state index contributed by atoms with van der Waals surface area (Å²) in [5.74, 6) is -1.21. The highest BCUT2D eigenvalue weighted by molar-refractivity contribution is 5.95. The van der Waals surface area contributed by atoms with Gasteiger partial charge in [0.15, 0.2) is 0 Å². The van der Waals surface area contributed by atoms with Gasteiger partial charge in [-0.3, -0.25) is 4.79 Å². The van der Waals surface area contributed by atoms with Gasteiger partial charge in [-0.15, -0.1) is 0 Å². The van der Waals surface area contributed by atoms with Gasteiger partial charge in [0.25, 0.3) is 5.91 Å². The van der Waals surface area contributed by atoms with E-state index in [1.165, 1.54) is 18.3 Å². The number of carboxylic acids is 1. The van der Waals surface area contributed by atoms with Crippen molar-refractivity contribution in [3.63, 3.8) is 0 Å². The van der Waals surface area contributed by atoms with Gasteiger partial charge >= 0.3 is 5.97 Å². The zero-order chi connectivity index (χ0) is 13.7. The molecule has 1 N–H and O–H groups in total. The lowest BCUT2D eigenvalue weighted by molar-refractivity contribution is 0.0678. The highest BCUT2D eigenvalue weighted by Crippen LogP contribution is 2.10. The van der Waals surface area contributed by atoms with Gasteiger partial charge in [-0.05, 0) is 32.4 Å². The number of aromatic carboxylic acids is 1. The van der Waals surface area contributed by atoms with Crippen LogP contribution in [0.5, 0.6) is 0 Å². The van der Waals surface area contributed by atoms with Gasteiger partial charge in [0.2, 0.25) is 0 Å². The molecule has 18 heavy (non-hydrogen) atoms. The van der Waals surface area contributed by atoms with Gasteiger partial charge in [-0.25, -0.2) is 9.78 Å². The number of nitrogens with zero attached hydrogens (tertiary/aromatic N) is 2. The minimum Gasteiger partial charge on any atom is -0.477 e. The van der Waals surface area contributed by atoms with Crippen molar-refractivity contribution in [2.45, 2.75) is 33.2 Å². The van der Waals surface area contributed by atoms with Gasteiger partial charge in [0.1, 0.15) is 5.69 Å². The van der Waals surface area contributed by atoms with Gasteiger partial charge in [-0.2, -0.15) is 0 Å². The molecular formula is C13H18N2O3.